The average Bonchev–Trinajstić information content (AvgIpc) is 3.82. The fourth-order valence-corrected chi connectivity index (χ4v) is 10.5. The van der Waals surface area contributed by atoms with Crippen molar-refractivity contribution in [3.05, 3.63) is 215 Å². The van der Waals surface area contributed by atoms with E-state index in [1.807, 2.05) is 60.7 Å². The monoisotopic (exact) mass is 875 g/mol. The second-order valence-electron chi connectivity index (χ2n) is 18.0. The highest BCUT2D eigenvalue weighted by molar-refractivity contribution is 6.13. The van der Waals surface area contributed by atoms with Gasteiger partial charge in [-0.3, -0.25) is 0 Å². The maximum Gasteiger partial charge on any atom is 0.417 e. The molecule has 11 aromatic rings. The van der Waals surface area contributed by atoms with Gasteiger partial charge in [0.15, 0.2) is 0 Å². The predicted octanol–water partition coefficient (Wildman–Crippen LogP) is 17.0. The van der Waals surface area contributed by atoms with Crippen LogP contribution < -0.4 is 0 Å². The molecule has 324 valence electrons. The molecule has 0 saturated carbocycles. The minimum Gasteiger partial charge on any atom is -0.309 e. The Hall–Kier alpha value is -8.14. The van der Waals surface area contributed by atoms with E-state index in [0.29, 0.717) is 27.8 Å². The van der Waals surface area contributed by atoms with Crippen LogP contribution in [0, 0.1) is 45.9 Å². The summed E-state index contributed by atoms with van der Waals surface area (Å²) in [5, 5.41) is 14.8. The highest BCUT2D eigenvalue weighted by Crippen LogP contribution is 2.46. The summed E-state index contributed by atoms with van der Waals surface area (Å²) in [5.74, 6) is 0. The molecule has 11 rings (SSSR count). The Labute approximate surface area is 387 Å². The largest absolute Gasteiger partial charge is 0.417 e. The summed E-state index contributed by atoms with van der Waals surface area (Å²) in [6, 6.07) is 60.9. The molecule has 0 aliphatic heterocycles. The number of fused-ring (bicyclic) bond motifs is 6. The number of hydrogen-bond donors (Lipinski definition) is 0. The van der Waals surface area contributed by atoms with E-state index in [-0.39, 0.29) is 5.56 Å². The van der Waals surface area contributed by atoms with Crippen molar-refractivity contribution in [3.63, 3.8) is 0 Å². The van der Waals surface area contributed by atoms with Gasteiger partial charge in [0.1, 0.15) is 0 Å². The number of aryl methyl sites for hydroxylation is 5. The lowest BCUT2D eigenvalue weighted by Crippen LogP contribution is -2.08. The van der Waals surface area contributed by atoms with Crippen molar-refractivity contribution in [2.24, 2.45) is 0 Å². The zero-order valence-electron chi connectivity index (χ0n) is 37.7. The summed E-state index contributed by atoms with van der Waals surface area (Å²) < 4.78 is 49.4. The first-order valence-corrected chi connectivity index (χ1v) is 22.4. The van der Waals surface area contributed by atoms with Gasteiger partial charge in [-0.15, -0.1) is 0 Å². The van der Waals surface area contributed by atoms with Gasteiger partial charge in [0.05, 0.1) is 50.6 Å². The van der Waals surface area contributed by atoms with Crippen molar-refractivity contribution in [2.75, 3.05) is 0 Å². The number of hydrogen-bond acceptors (Lipinski definition) is 1. The topological polar surface area (TPSA) is 33.6 Å². The van der Waals surface area contributed by atoms with Gasteiger partial charge in [0.2, 0.25) is 0 Å². The first kappa shape index (κ1) is 41.6. The molecule has 0 aliphatic rings. The third-order valence-electron chi connectivity index (χ3n) is 13.2. The van der Waals surface area contributed by atoms with Crippen LogP contribution in [0.1, 0.15) is 38.9 Å². The lowest BCUT2D eigenvalue weighted by molar-refractivity contribution is -0.137. The summed E-state index contributed by atoms with van der Waals surface area (Å²) in [6.45, 7) is 10.2. The molecule has 67 heavy (non-hydrogen) atoms. The summed E-state index contributed by atoms with van der Waals surface area (Å²) in [7, 11) is 0. The lowest BCUT2D eigenvalue weighted by atomic mass is 9.90. The van der Waals surface area contributed by atoms with Crippen LogP contribution >= 0.6 is 0 Å². The minimum atomic E-state index is -4.59. The molecular formula is C61H44F3N3. The van der Waals surface area contributed by atoms with Crippen molar-refractivity contribution in [1.82, 2.24) is 9.13 Å². The first-order valence-electron chi connectivity index (χ1n) is 22.4. The molecule has 9 aromatic carbocycles. The molecule has 0 radical (unpaired) electrons. The summed E-state index contributed by atoms with van der Waals surface area (Å²) in [5.41, 5.74) is 16.8. The van der Waals surface area contributed by atoms with E-state index in [0.717, 1.165) is 83.3 Å². The van der Waals surface area contributed by atoms with E-state index in [2.05, 4.69) is 140 Å². The number of nitriles is 1. The van der Waals surface area contributed by atoms with E-state index in [4.69, 9.17) is 0 Å². The number of nitrogens with zero attached hydrogens (tertiary/aromatic N) is 3. The fourth-order valence-electron chi connectivity index (χ4n) is 10.5. The third-order valence-corrected chi connectivity index (χ3v) is 13.2. The summed E-state index contributed by atoms with van der Waals surface area (Å²) in [6.07, 6.45) is -4.59. The van der Waals surface area contributed by atoms with Gasteiger partial charge in [-0.25, -0.2) is 0 Å². The van der Waals surface area contributed by atoms with Crippen LogP contribution in [-0.4, -0.2) is 9.13 Å². The quantitative estimate of drug-likeness (QED) is 0.164. The molecule has 0 unspecified atom stereocenters. The SMILES string of the molecule is Cc1cc(C)cc(-c2ccc3c(c2)c2ccccc2n3-c2ccc(C#N)cc2-c2cc(-c3c(C)cccc3C(F)(F)F)ccc2-n2c3ccccc3c3cc(-c4cc(C)cc(C)c4)ccc32)c1. The molecule has 0 bridgehead atoms. The Morgan fingerprint density at radius 3 is 1.37 bits per heavy atom. The zero-order chi connectivity index (χ0) is 46.3. The minimum absolute atomic E-state index is 0.122. The van der Waals surface area contributed by atoms with Gasteiger partial charge in [-0.2, -0.15) is 18.4 Å². The predicted molar refractivity (Wildman–Crippen MR) is 270 cm³/mol. The molecule has 0 fully saturated rings. The van der Waals surface area contributed by atoms with Crippen LogP contribution in [0.2, 0.25) is 0 Å². The second-order valence-corrected chi connectivity index (χ2v) is 18.0. The van der Waals surface area contributed by atoms with Crippen molar-refractivity contribution < 1.29 is 13.2 Å². The van der Waals surface area contributed by atoms with Crippen molar-refractivity contribution in [1.29, 1.82) is 5.26 Å². The highest BCUT2D eigenvalue weighted by Gasteiger charge is 2.34. The fraction of sp³-hybridized carbons (Fsp3) is 0.0984. The Morgan fingerprint density at radius 2 is 0.866 bits per heavy atom. The van der Waals surface area contributed by atoms with Gasteiger partial charge in [0.25, 0.3) is 0 Å². The van der Waals surface area contributed by atoms with Crippen molar-refractivity contribution >= 4 is 43.6 Å². The standard InChI is InChI=1S/C61H44F3N3/c1-36-25-37(2)28-45(27-36)42-18-22-57-50(32-42)47-12-6-8-15-54(47)66(57)56-21-17-41(35-65)31-49(56)52-34-44(60-40(5)11-10-14-53(60)61(62,63)64)20-24-59(52)67-55-16-9-7-13-48(55)51-33-43(19-23-58(51)67)46-29-38(3)26-39(4)30-46/h6-34H,1-5H3. The molecule has 0 atom stereocenters. The number of halogens is 3. The Balaban J connectivity index is 1.23. The Kier molecular flexibility index (Phi) is 9.79. The van der Waals surface area contributed by atoms with Crippen molar-refractivity contribution in [3.8, 4) is 62.0 Å². The second kappa shape index (κ2) is 15.8. The molecular weight excluding hydrogens is 832 g/mol. The maximum atomic E-state index is 15.0. The molecule has 0 aliphatic carbocycles. The number of para-hydroxylation sites is 2. The molecule has 2 heterocycles. The van der Waals surface area contributed by atoms with Crippen LogP contribution in [0.3, 0.4) is 0 Å². The average molecular weight is 876 g/mol. The number of benzene rings is 9. The first-order chi connectivity index (χ1) is 32.3. The third kappa shape index (κ3) is 7.06. The molecule has 0 amide bonds. The van der Waals surface area contributed by atoms with E-state index >= 15 is 0 Å². The molecule has 6 heteroatoms. The van der Waals surface area contributed by atoms with Crippen LogP contribution in [0.15, 0.2) is 176 Å². The number of aromatic nitrogens is 2. The molecule has 0 saturated heterocycles. The molecule has 3 nitrogen and oxygen atoms in total. The summed E-state index contributed by atoms with van der Waals surface area (Å²) in [4.78, 5) is 0. The smallest absolute Gasteiger partial charge is 0.309 e. The maximum absolute atomic E-state index is 15.0. The highest BCUT2D eigenvalue weighted by atomic mass is 19.4. The van der Waals surface area contributed by atoms with Gasteiger partial charge in [-0.1, -0.05) is 125 Å². The van der Waals surface area contributed by atoms with Crippen molar-refractivity contribution in [2.45, 2.75) is 40.8 Å². The summed E-state index contributed by atoms with van der Waals surface area (Å²) >= 11 is 0. The van der Waals surface area contributed by atoms with Gasteiger partial charge < -0.3 is 9.13 Å². The van der Waals surface area contributed by atoms with Crippen LogP contribution in [0.25, 0.3) is 99.5 Å². The Bertz CT molecular complexity index is 3830. The van der Waals surface area contributed by atoms with E-state index in [1.165, 1.54) is 28.3 Å². The molecule has 0 spiro atoms. The zero-order valence-corrected chi connectivity index (χ0v) is 37.7. The van der Waals surface area contributed by atoms with Gasteiger partial charge in [-0.05, 0) is 146 Å². The number of alkyl halides is 3. The van der Waals surface area contributed by atoms with E-state index < -0.39 is 11.7 Å². The van der Waals surface area contributed by atoms with E-state index in [9.17, 15) is 18.4 Å². The molecule has 0 N–H and O–H groups in total. The van der Waals surface area contributed by atoms with Crippen LogP contribution in [-0.2, 0) is 6.18 Å². The van der Waals surface area contributed by atoms with Gasteiger partial charge >= 0.3 is 6.18 Å². The normalized spacial score (nSPS) is 11.9. The van der Waals surface area contributed by atoms with Gasteiger partial charge in [0, 0.05) is 32.7 Å². The van der Waals surface area contributed by atoms with E-state index in [1.54, 1.807) is 13.0 Å². The lowest BCUT2D eigenvalue weighted by Gasteiger charge is -2.21. The Morgan fingerprint density at radius 1 is 0.403 bits per heavy atom. The van der Waals surface area contributed by atoms with Crippen LogP contribution in [0.4, 0.5) is 13.2 Å². The number of rotatable bonds is 6. The van der Waals surface area contributed by atoms with Crippen LogP contribution in [0.5, 0.6) is 0 Å². The molecule has 2 aromatic heterocycles.